The van der Waals surface area contributed by atoms with Crippen LogP contribution in [0.25, 0.3) is 22.2 Å². The first-order valence-electron chi connectivity index (χ1n) is 11.3. The van der Waals surface area contributed by atoms with Crippen LogP contribution >= 0.6 is 0 Å². The molecule has 0 bridgehead atoms. The number of nitrogens with zero attached hydrogens (tertiary/aromatic N) is 3. The number of nitrogens with two attached hydrogens (primary N) is 1. The van der Waals surface area contributed by atoms with Gasteiger partial charge in [0.05, 0.1) is 11.2 Å². The van der Waals surface area contributed by atoms with E-state index in [1.165, 1.54) is 0 Å². The molecule has 3 aromatic carbocycles. The van der Waals surface area contributed by atoms with E-state index in [4.69, 9.17) is 10.5 Å². The molecule has 0 radical (unpaired) electrons. The number of amides is 1. The van der Waals surface area contributed by atoms with Crippen molar-refractivity contribution >= 4 is 28.3 Å². The highest BCUT2D eigenvalue weighted by atomic mass is 16.5. The molecule has 5 rings (SSSR count). The Morgan fingerprint density at radius 2 is 1.69 bits per heavy atom. The Bertz CT molecular complexity index is 1500. The molecule has 2 aromatic heterocycles. The Labute approximate surface area is 202 Å². The van der Waals surface area contributed by atoms with E-state index in [1.54, 1.807) is 18.2 Å². The van der Waals surface area contributed by atoms with Crippen molar-refractivity contribution in [2.45, 2.75) is 13.3 Å². The van der Waals surface area contributed by atoms with Crippen molar-refractivity contribution < 1.29 is 9.53 Å². The highest BCUT2D eigenvalue weighted by Gasteiger charge is 2.09. The summed E-state index contributed by atoms with van der Waals surface area (Å²) in [4.78, 5) is 16.0. The first kappa shape index (κ1) is 22.0. The lowest BCUT2D eigenvalue weighted by molar-refractivity contribution is 0.100. The van der Waals surface area contributed by atoms with Gasteiger partial charge in [-0.3, -0.25) is 4.79 Å². The predicted molar refractivity (Wildman–Crippen MR) is 137 cm³/mol. The third kappa shape index (κ3) is 4.94. The summed E-state index contributed by atoms with van der Waals surface area (Å²) in [5.41, 5.74) is 10.3. The third-order valence-electron chi connectivity index (χ3n) is 5.61. The van der Waals surface area contributed by atoms with Gasteiger partial charge in [-0.15, -0.1) is 10.2 Å². The van der Waals surface area contributed by atoms with Gasteiger partial charge in [-0.2, -0.15) is 0 Å². The molecule has 1 amide bonds. The average Bonchev–Trinajstić information content (AvgIpc) is 2.90. The lowest BCUT2D eigenvalue weighted by Crippen LogP contribution is -2.10. The van der Waals surface area contributed by atoms with Crippen LogP contribution in [0.15, 0.2) is 91.0 Å². The third-order valence-corrected chi connectivity index (χ3v) is 5.61. The van der Waals surface area contributed by atoms with Crippen LogP contribution in [0.1, 0.15) is 22.8 Å². The van der Waals surface area contributed by atoms with Crippen molar-refractivity contribution in [3.8, 4) is 22.9 Å². The summed E-state index contributed by atoms with van der Waals surface area (Å²) >= 11 is 0. The molecular formula is C28H23N5O2. The van der Waals surface area contributed by atoms with E-state index in [0.29, 0.717) is 22.7 Å². The number of rotatable bonds is 7. The molecule has 5 aromatic rings. The largest absolute Gasteiger partial charge is 0.439 e. The molecule has 7 heteroatoms. The highest BCUT2D eigenvalue weighted by Crippen LogP contribution is 2.27. The fourth-order valence-corrected chi connectivity index (χ4v) is 3.73. The number of carbonyl (C=O) groups excluding carboxylic acids is 1. The van der Waals surface area contributed by atoms with E-state index >= 15 is 0 Å². The van der Waals surface area contributed by atoms with E-state index in [1.807, 2.05) is 66.7 Å². The van der Waals surface area contributed by atoms with Crippen LogP contribution in [0.4, 0.5) is 11.5 Å². The van der Waals surface area contributed by atoms with Crippen LogP contribution in [0.5, 0.6) is 11.6 Å². The van der Waals surface area contributed by atoms with Gasteiger partial charge in [0, 0.05) is 28.3 Å². The van der Waals surface area contributed by atoms with E-state index < -0.39 is 5.91 Å². The van der Waals surface area contributed by atoms with Crippen molar-refractivity contribution in [1.29, 1.82) is 0 Å². The molecule has 7 nitrogen and oxygen atoms in total. The number of aromatic nitrogens is 3. The zero-order chi connectivity index (χ0) is 24.2. The summed E-state index contributed by atoms with van der Waals surface area (Å²) < 4.78 is 5.92. The van der Waals surface area contributed by atoms with Gasteiger partial charge < -0.3 is 15.8 Å². The monoisotopic (exact) mass is 461 g/mol. The average molecular weight is 462 g/mol. The van der Waals surface area contributed by atoms with Crippen LogP contribution < -0.4 is 15.8 Å². The number of fused-ring (bicyclic) bond motifs is 1. The first-order chi connectivity index (χ1) is 17.1. The van der Waals surface area contributed by atoms with Gasteiger partial charge in [0.2, 0.25) is 11.8 Å². The van der Waals surface area contributed by atoms with Crippen molar-refractivity contribution in [2.75, 3.05) is 5.32 Å². The number of hydrogen-bond acceptors (Lipinski definition) is 6. The second-order valence-corrected chi connectivity index (χ2v) is 8.00. The van der Waals surface area contributed by atoms with Gasteiger partial charge in [0.15, 0.2) is 5.82 Å². The number of nitrogens with one attached hydrogen (secondary N) is 1. The number of hydrogen-bond donors (Lipinski definition) is 2. The quantitative estimate of drug-likeness (QED) is 0.313. The molecule has 0 unspecified atom stereocenters. The second kappa shape index (κ2) is 9.61. The number of primary amides is 1. The maximum atomic E-state index is 11.5. The maximum Gasteiger partial charge on any atom is 0.248 e. The lowest BCUT2D eigenvalue weighted by Gasteiger charge is -2.12. The first-order valence-corrected chi connectivity index (χ1v) is 11.3. The van der Waals surface area contributed by atoms with Gasteiger partial charge in [0.25, 0.3) is 0 Å². The van der Waals surface area contributed by atoms with E-state index in [-0.39, 0.29) is 0 Å². The van der Waals surface area contributed by atoms with Crippen LogP contribution in [0.3, 0.4) is 0 Å². The Balaban J connectivity index is 1.31. The number of pyridine rings is 1. The molecule has 0 aliphatic carbocycles. The van der Waals surface area contributed by atoms with Crippen molar-refractivity contribution in [2.24, 2.45) is 5.73 Å². The summed E-state index contributed by atoms with van der Waals surface area (Å²) in [5, 5.41) is 13.1. The molecule has 172 valence electrons. The minimum Gasteiger partial charge on any atom is -0.439 e. The fraction of sp³-hybridized carbons (Fsp3) is 0.0714. The number of anilines is 2. The number of carbonyl (C=O) groups is 1. The number of benzene rings is 3. The summed E-state index contributed by atoms with van der Waals surface area (Å²) in [6.45, 7) is 2.09. The summed E-state index contributed by atoms with van der Waals surface area (Å²) in [7, 11) is 0. The van der Waals surface area contributed by atoms with Crippen LogP contribution in [0, 0.1) is 0 Å². The Morgan fingerprint density at radius 1 is 0.914 bits per heavy atom. The zero-order valence-electron chi connectivity index (χ0n) is 19.1. The molecule has 0 saturated carbocycles. The minimum absolute atomic E-state index is 0.406. The summed E-state index contributed by atoms with van der Waals surface area (Å²) in [6, 6.07) is 28.4. The van der Waals surface area contributed by atoms with E-state index in [0.717, 1.165) is 40.1 Å². The molecule has 2 heterocycles. The molecule has 0 saturated heterocycles. The molecule has 0 atom stereocenters. The summed E-state index contributed by atoms with van der Waals surface area (Å²) in [5.74, 6) is 1.29. The standard InChI is InChI=1S/C28H23N5O2/c1-2-18-16-25(19-6-4-3-5-7-19)32-33-28(18)30-22-11-13-23(14-12-22)35-26-15-10-20-8-9-21(27(29)34)17-24(20)31-26/h3-17H,2H2,1H3,(H2,29,34)(H,30,33). The SMILES string of the molecule is CCc1cc(-c2ccccc2)nnc1Nc1ccc(Oc2ccc3ccc(C(N)=O)cc3n2)cc1. The van der Waals surface area contributed by atoms with Crippen molar-refractivity contribution in [3.05, 3.63) is 102 Å². The maximum absolute atomic E-state index is 11.5. The lowest BCUT2D eigenvalue weighted by atomic mass is 10.1. The van der Waals surface area contributed by atoms with Gasteiger partial charge >= 0.3 is 0 Å². The zero-order valence-corrected chi connectivity index (χ0v) is 19.1. The van der Waals surface area contributed by atoms with Gasteiger partial charge in [0.1, 0.15) is 5.75 Å². The topological polar surface area (TPSA) is 103 Å². The molecule has 0 spiro atoms. The molecule has 0 fully saturated rings. The Kier molecular flexibility index (Phi) is 6.05. The van der Waals surface area contributed by atoms with Crippen LogP contribution in [-0.2, 0) is 6.42 Å². The van der Waals surface area contributed by atoms with Crippen molar-refractivity contribution in [1.82, 2.24) is 15.2 Å². The predicted octanol–water partition coefficient (Wildman–Crippen LogP) is 5.89. The minimum atomic E-state index is -0.492. The smallest absolute Gasteiger partial charge is 0.248 e. The number of ether oxygens (including phenoxy) is 1. The second-order valence-electron chi connectivity index (χ2n) is 8.00. The van der Waals surface area contributed by atoms with Crippen LogP contribution in [-0.4, -0.2) is 21.1 Å². The highest BCUT2D eigenvalue weighted by molar-refractivity contribution is 5.96. The van der Waals surface area contributed by atoms with Crippen LogP contribution in [0.2, 0.25) is 0 Å². The van der Waals surface area contributed by atoms with Gasteiger partial charge in [-0.1, -0.05) is 43.3 Å². The molecule has 0 aliphatic heterocycles. The van der Waals surface area contributed by atoms with E-state index in [2.05, 4.69) is 33.5 Å². The Morgan fingerprint density at radius 3 is 2.43 bits per heavy atom. The number of aryl methyl sites for hydroxylation is 1. The normalized spacial score (nSPS) is 10.8. The van der Waals surface area contributed by atoms with E-state index in [9.17, 15) is 4.79 Å². The molecule has 3 N–H and O–H groups in total. The van der Waals surface area contributed by atoms with Gasteiger partial charge in [-0.05, 0) is 60.5 Å². The molecule has 35 heavy (non-hydrogen) atoms. The fourth-order valence-electron chi connectivity index (χ4n) is 3.73. The van der Waals surface area contributed by atoms with Gasteiger partial charge in [-0.25, -0.2) is 4.98 Å². The van der Waals surface area contributed by atoms with Crippen molar-refractivity contribution in [3.63, 3.8) is 0 Å². The summed E-state index contributed by atoms with van der Waals surface area (Å²) in [6.07, 6.45) is 0.823. The Hall–Kier alpha value is -4.78. The molecular weight excluding hydrogens is 438 g/mol. The molecule has 0 aliphatic rings.